The van der Waals surface area contributed by atoms with Crippen LogP contribution in [-0.4, -0.2) is 0 Å². The van der Waals surface area contributed by atoms with Gasteiger partial charge in [0, 0.05) is 16.7 Å². The van der Waals surface area contributed by atoms with Crippen LogP contribution < -0.4 is 14.0 Å². The summed E-state index contributed by atoms with van der Waals surface area (Å²) >= 11 is 5.65. The highest BCUT2D eigenvalue weighted by molar-refractivity contribution is 6.30. The number of halogens is 2. The Balaban J connectivity index is 0.000000364. The van der Waals surface area contributed by atoms with Crippen LogP contribution in [0, 0.1) is 23.1 Å². The van der Waals surface area contributed by atoms with E-state index >= 15 is 0 Å². The van der Waals surface area contributed by atoms with Gasteiger partial charge in [-0.3, -0.25) is 0 Å². The average Bonchev–Trinajstić information content (AvgIpc) is 2.03. The second-order valence-electron chi connectivity index (χ2n) is 2.22. The molecular weight excluding hydrogens is 231 g/mol. The lowest BCUT2D eigenvalue weighted by molar-refractivity contribution is -1.73. The highest BCUT2D eigenvalue weighted by Crippen LogP contribution is 2.21. The fourth-order valence-electron chi connectivity index (χ4n) is 0.731. The van der Waals surface area contributed by atoms with E-state index in [1.165, 1.54) is 0 Å². The molecule has 0 heterocycles. The number of hydrogen-bond donors (Lipinski definition) is 0. The van der Waals surface area contributed by atoms with E-state index in [0.29, 0.717) is 10.7 Å². The van der Waals surface area contributed by atoms with Crippen molar-refractivity contribution in [2.75, 3.05) is 0 Å². The zero-order valence-corrected chi connectivity index (χ0v) is 8.62. The maximum Gasteiger partial charge on any atom is 0.388 e. The molecule has 76 valence electrons. The van der Waals surface area contributed by atoms with Gasteiger partial charge in [0.15, 0.2) is 4.98 Å². The molecule has 0 atom stereocenters. The van der Waals surface area contributed by atoms with E-state index in [-0.39, 0.29) is 0 Å². The summed E-state index contributed by atoms with van der Waals surface area (Å²) in [5.41, 5.74) is 1.43. The SMILES string of the molecule is Cc1cc(Cl)ccc1[N+]#N.[O-][Cl+2]([O-])[O-]. The smallest absolute Gasteiger partial charge is 0.357 e. The Kier molecular flexibility index (Phi) is 6.12. The predicted octanol–water partition coefficient (Wildman–Crippen LogP) is -0.434. The third kappa shape index (κ3) is 5.70. The molecule has 0 N–H and O–H groups in total. The van der Waals surface area contributed by atoms with Crippen molar-refractivity contribution in [2.24, 2.45) is 0 Å². The molecule has 7 heteroatoms. The van der Waals surface area contributed by atoms with Crippen molar-refractivity contribution in [2.45, 2.75) is 6.92 Å². The molecule has 0 bridgehead atoms. The van der Waals surface area contributed by atoms with E-state index in [1.54, 1.807) is 18.2 Å². The normalized spacial score (nSPS) is 8.93. The molecule has 0 unspecified atom stereocenters. The van der Waals surface area contributed by atoms with Gasteiger partial charge in [-0.25, -0.2) is 0 Å². The van der Waals surface area contributed by atoms with Gasteiger partial charge < -0.3 is 14.0 Å². The summed E-state index contributed by atoms with van der Waals surface area (Å²) in [7, 11) is -2.85. The van der Waals surface area contributed by atoms with Crippen molar-refractivity contribution in [1.29, 1.82) is 5.39 Å². The summed E-state index contributed by atoms with van der Waals surface area (Å²) < 4.78 is 25.2. The van der Waals surface area contributed by atoms with Crippen LogP contribution in [0.2, 0.25) is 5.02 Å². The number of diazo groups is 1. The molecule has 1 aromatic rings. The van der Waals surface area contributed by atoms with Gasteiger partial charge >= 0.3 is 5.69 Å². The van der Waals surface area contributed by atoms with Gasteiger partial charge in [0.25, 0.3) is 0 Å². The second-order valence-corrected chi connectivity index (χ2v) is 3.03. The quantitative estimate of drug-likeness (QED) is 0.571. The minimum absolute atomic E-state index is 0.560. The molecule has 0 spiro atoms. The van der Waals surface area contributed by atoms with Crippen LogP contribution >= 0.6 is 11.6 Å². The molecule has 0 aliphatic rings. The van der Waals surface area contributed by atoms with Crippen LogP contribution in [-0.2, 0) is 0 Å². The summed E-state index contributed by atoms with van der Waals surface area (Å²) in [6.45, 7) is 1.83. The average molecular weight is 237 g/mol. The zero-order valence-electron chi connectivity index (χ0n) is 7.11. The Bertz CT molecular complexity index is 335. The lowest BCUT2D eigenvalue weighted by Crippen LogP contribution is -2.42. The van der Waals surface area contributed by atoms with Gasteiger partial charge in [-0.15, -0.1) is 0 Å². The van der Waals surface area contributed by atoms with E-state index in [4.69, 9.17) is 31.0 Å². The minimum atomic E-state index is -2.85. The van der Waals surface area contributed by atoms with E-state index in [1.807, 2.05) is 6.92 Å². The van der Waals surface area contributed by atoms with Gasteiger partial charge in [-0.1, -0.05) is 11.6 Å². The molecule has 5 nitrogen and oxygen atoms in total. The highest BCUT2D eigenvalue weighted by Gasteiger charge is 2.07. The Hall–Kier alpha value is -0.900. The van der Waals surface area contributed by atoms with Crippen molar-refractivity contribution in [3.05, 3.63) is 33.8 Å². The Morgan fingerprint density at radius 2 is 1.86 bits per heavy atom. The molecule has 14 heavy (non-hydrogen) atoms. The topological polar surface area (TPSA) is 97.3 Å². The first kappa shape index (κ1) is 13.1. The molecule has 1 rings (SSSR count). The fraction of sp³-hybridized carbons (Fsp3) is 0.143. The minimum Gasteiger partial charge on any atom is -0.357 e. The van der Waals surface area contributed by atoms with Crippen LogP contribution in [0.5, 0.6) is 0 Å². The number of rotatable bonds is 0. The van der Waals surface area contributed by atoms with Gasteiger partial charge in [0.1, 0.15) is 0 Å². The lowest BCUT2D eigenvalue weighted by atomic mass is 10.2. The summed E-state index contributed by atoms with van der Waals surface area (Å²) in [5.74, 6) is 0. The maximum atomic E-state index is 8.41. The first-order chi connectivity index (χ1) is 6.47. The molecule has 1 aromatic carbocycles. The molecule has 0 radical (unpaired) electrons. The second kappa shape index (κ2) is 6.54. The molecule has 0 aromatic heterocycles. The molecule has 0 amide bonds. The fourth-order valence-corrected chi connectivity index (χ4v) is 0.958. The standard InChI is InChI=1S/C7H6ClN2.ClO3/c1-5-4-6(8)2-3-7(5)10-9;2-1(3)4/h2-4H,1H3;/q+1;-1. The first-order valence-corrected chi connectivity index (χ1v) is 4.62. The van der Waals surface area contributed by atoms with E-state index < -0.39 is 10.8 Å². The first-order valence-electron chi connectivity index (χ1n) is 3.31. The van der Waals surface area contributed by atoms with Crippen molar-refractivity contribution in [3.8, 4) is 0 Å². The summed E-state index contributed by atoms with van der Waals surface area (Å²) in [5, 5.41) is 9.05. The van der Waals surface area contributed by atoms with Crippen molar-refractivity contribution in [3.63, 3.8) is 0 Å². The van der Waals surface area contributed by atoms with Crippen LogP contribution in [0.25, 0.3) is 4.98 Å². The Morgan fingerprint density at radius 3 is 2.21 bits per heavy atom. The number of nitrogens with zero attached hydrogens (tertiary/aromatic N) is 2. The van der Waals surface area contributed by atoms with Crippen LogP contribution in [0.4, 0.5) is 5.69 Å². The van der Waals surface area contributed by atoms with Crippen molar-refractivity contribution in [1.82, 2.24) is 0 Å². The summed E-state index contributed by atoms with van der Waals surface area (Å²) in [6.07, 6.45) is 0. The summed E-state index contributed by atoms with van der Waals surface area (Å²) in [6, 6.07) is 5.10. The van der Waals surface area contributed by atoms with Crippen LogP contribution in [0.3, 0.4) is 0 Å². The Labute approximate surface area is 88.6 Å². The molecular formula is C7H6Cl2N2O3. The molecule has 0 fully saturated rings. The lowest BCUT2D eigenvalue weighted by Gasteiger charge is -1.89. The van der Waals surface area contributed by atoms with E-state index in [9.17, 15) is 0 Å². The van der Waals surface area contributed by atoms with E-state index in [0.717, 1.165) is 5.56 Å². The van der Waals surface area contributed by atoms with Gasteiger partial charge in [-0.05, 0) is 19.1 Å². The monoisotopic (exact) mass is 236 g/mol. The van der Waals surface area contributed by atoms with E-state index in [2.05, 4.69) is 4.98 Å². The third-order valence-corrected chi connectivity index (χ3v) is 1.50. The van der Waals surface area contributed by atoms with Crippen molar-refractivity contribution < 1.29 is 24.8 Å². The van der Waals surface area contributed by atoms with Gasteiger partial charge in [-0.2, -0.15) is 0 Å². The van der Waals surface area contributed by atoms with Gasteiger partial charge in [0.05, 0.1) is 10.8 Å². The summed E-state index contributed by atoms with van der Waals surface area (Å²) in [4.78, 5) is 3.05. The molecule has 0 aliphatic heterocycles. The van der Waals surface area contributed by atoms with Crippen LogP contribution in [0.15, 0.2) is 18.2 Å². The highest BCUT2D eigenvalue weighted by atomic mass is 35.6. The molecule has 0 saturated carbocycles. The maximum absolute atomic E-state index is 8.41. The van der Waals surface area contributed by atoms with Crippen LogP contribution in [0.1, 0.15) is 5.56 Å². The number of hydrogen-bond acceptors (Lipinski definition) is 4. The zero-order chi connectivity index (χ0) is 11.1. The third-order valence-electron chi connectivity index (χ3n) is 1.27. The Morgan fingerprint density at radius 1 is 1.36 bits per heavy atom. The number of aryl methyl sites for hydroxylation is 1. The van der Waals surface area contributed by atoms with Gasteiger partial charge in [0.2, 0.25) is 5.39 Å². The molecule has 0 saturated heterocycles. The van der Waals surface area contributed by atoms with Crippen molar-refractivity contribution >= 4 is 17.3 Å². The predicted molar refractivity (Wildman–Crippen MR) is 40.9 cm³/mol. The molecule has 0 aliphatic carbocycles. The number of benzene rings is 1. The largest absolute Gasteiger partial charge is 0.388 e.